The maximum atomic E-state index is 11.3. The highest BCUT2D eigenvalue weighted by Gasteiger charge is 2.20. The van der Waals surface area contributed by atoms with Gasteiger partial charge in [-0.15, -0.1) is 24.0 Å². The molecule has 2 heterocycles. The fourth-order valence-electron chi connectivity index (χ4n) is 3.18. The van der Waals surface area contributed by atoms with Crippen molar-refractivity contribution in [2.45, 2.75) is 39.2 Å². The number of aromatic nitrogens is 1. The summed E-state index contributed by atoms with van der Waals surface area (Å²) in [6.07, 6.45) is 7.91. The van der Waals surface area contributed by atoms with Gasteiger partial charge in [0.05, 0.1) is 5.75 Å². The molecule has 1 fully saturated rings. The number of hydrogen-bond donors (Lipinski definition) is 2. The van der Waals surface area contributed by atoms with Crippen molar-refractivity contribution in [2.75, 3.05) is 44.7 Å². The molecule has 1 saturated heterocycles. The van der Waals surface area contributed by atoms with Gasteiger partial charge >= 0.3 is 0 Å². The van der Waals surface area contributed by atoms with E-state index in [1.165, 1.54) is 17.4 Å². The summed E-state index contributed by atoms with van der Waals surface area (Å²) < 4.78 is 22.6. The summed E-state index contributed by atoms with van der Waals surface area (Å²) >= 11 is 0. The van der Waals surface area contributed by atoms with Crippen molar-refractivity contribution in [1.82, 2.24) is 20.5 Å². The molecule has 160 valence electrons. The average molecular weight is 523 g/mol. The Kier molecular flexibility index (Phi) is 11.3. The van der Waals surface area contributed by atoms with Crippen molar-refractivity contribution >= 4 is 39.8 Å². The third-order valence-corrected chi connectivity index (χ3v) is 5.76. The molecule has 0 atom stereocenters. The number of guanidine groups is 1. The molecule has 0 aliphatic carbocycles. The number of hydrogen-bond acceptors (Lipinski definition) is 5. The van der Waals surface area contributed by atoms with Crippen LogP contribution >= 0.6 is 24.0 Å². The summed E-state index contributed by atoms with van der Waals surface area (Å²) in [5.74, 6) is 1.10. The molecule has 0 aromatic carbocycles. The lowest BCUT2D eigenvalue weighted by Crippen LogP contribution is -2.49. The summed E-state index contributed by atoms with van der Waals surface area (Å²) in [7, 11) is -2.89. The molecule has 9 heteroatoms. The van der Waals surface area contributed by atoms with Crippen LogP contribution in [0, 0.1) is 6.92 Å². The van der Waals surface area contributed by atoms with E-state index in [2.05, 4.69) is 40.4 Å². The third-order valence-electron chi connectivity index (χ3n) is 4.84. The minimum absolute atomic E-state index is 0. The van der Waals surface area contributed by atoms with Crippen LogP contribution in [-0.4, -0.2) is 75.0 Å². The molecule has 1 aliphatic rings. The lowest BCUT2D eigenvalue weighted by atomic mass is 10.1. The largest absolute Gasteiger partial charge is 0.357 e. The normalized spacial score (nSPS) is 16.5. The van der Waals surface area contributed by atoms with E-state index >= 15 is 0 Å². The topological polar surface area (TPSA) is 86.7 Å². The molecule has 28 heavy (non-hydrogen) atoms. The summed E-state index contributed by atoms with van der Waals surface area (Å²) in [4.78, 5) is 11.1. The quantitative estimate of drug-likeness (QED) is 0.306. The predicted octanol–water partition coefficient (Wildman–Crippen LogP) is 1.61. The lowest BCUT2D eigenvalue weighted by Gasteiger charge is -2.32. The zero-order valence-corrected chi connectivity index (χ0v) is 20.3. The van der Waals surface area contributed by atoms with Crippen molar-refractivity contribution < 1.29 is 8.42 Å². The molecule has 0 amide bonds. The van der Waals surface area contributed by atoms with Gasteiger partial charge in [-0.1, -0.05) is 0 Å². The maximum absolute atomic E-state index is 11.3. The second kappa shape index (κ2) is 12.6. The van der Waals surface area contributed by atoms with E-state index < -0.39 is 9.84 Å². The molecule has 0 bridgehead atoms. The molecule has 0 saturated carbocycles. The van der Waals surface area contributed by atoms with Gasteiger partial charge in [-0.25, -0.2) is 8.42 Å². The van der Waals surface area contributed by atoms with Crippen LogP contribution in [0.15, 0.2) is 23.5 Å². The summed E-state index contributed by atoms with van der Waals surface area (Å²) in [5.41, 5.74) is 2.48. The Bertz CT molecular complexity index is 719. The molecule has 1 aromatic rings. The van der Waals surface area contributed by atoms with Crippen molar-refractivity contribution in [3.8, 4) is 0 Å². The molecular weight excluding hydrogens is 489 g/mol. The highest BCUT2D eigenvalue weighted by molar-refractivity contribution is 14.0. The molecule has 2 N–H and O–H groups in total. The molecule has 0 spiro atoms. The Hall–Kier alpha value is -0.940. The number of halogens is 1. The van der Waals surface area contributed by atoms with Crippen LogP contribution in [0.25, 0.3) is 0 Å². The highest BCUT2D eigenvalue weighted by atomic mass is 127. The summed E-state index contributed by atoms with van der Waals surface area (Å²) in [6.45, 7) is 8.17. The smallest absolute Gasteiger partial charge is 0.191 e. The number of sulfone groups is 1. The van der Waals surface area contributed by atoms with Crippen molar-refractivity contribution in [3.05, 3.63) is 29.6 Å². The number of piperidine rings is 1. The molecule has 1 aliphatic heterocycles. The van der Waals surface area contributed by atoms with Crippen LogP contribution in [-0.2, 0) is 16.3 Å². The number of aryl methyl sites for hydroxylation is 1. The zero-order valence-electron chi connectivity index (χ0n) is 17.1. The number of nitrogens with one attached hydrogen (secondary N) is 2. The van der Waals surface area contributed by atoms with Crippen LogP contribution in [0.1, 0.15) is 30.9 Å². The first-order valence-electron chi connectivity index (χ1n) is 9.72. The van der Waals surface area contributed by atoms with Gasteiger partial charge in [0, 0.05) is 57.4 Å². The molecular formula is C19H34IN5O2S. The number of aliphatic imine (C=N–C) groups is 1. The maximum Gasteiger partial charge on any atom is 0.191 e. The van der Waals surface area contributed by atoms with Crippen LogP contribution in [0.2, 0.25) is 0 Å². The van der Waals surface area contributed by atoms with Gasteiger partial charge in [-0.3, -0.25) is 9.98 Å². The van der Waals surface area contributed by atoms with E-state index in [-0.39, 0.29) is 29.7 Å². The SMILES string of the molecule is CCNC(=NCCc1ccncc1C)NC1CCN(CCS(C)(=O)=O)CC1.I. The van der Waals surface area contributed by atoms with Gasteiger partial charge in [-0.05, 0) is 50.3 Å². The first-order valence-corrected chi connectivity index (χ1v) is 11.8. The average Bonchev–Trinajstić information content (AvgIpc) is 2.62. The van der Waals surface area contributed by atoms with Crippen LogP contribution in [0.4, 0.5) is 0 Å². The van der Waals surface area contributed by atoms with Crippen molar-refractivity contribution in [2.24, 2.45) is 4.99 Å². The summed E-state index contributed by atoms with van der Waals surface area (Å²) in [5, 5.41) is 6.85. The fourth-order valence-corrected chi connectivity index (χ4v) is 3.77. The molecule has 1 aromatic heterocycles. The Morgan fingerprint density at radius 1 is 1.36 bits per heavy atom. The second-order valence-corrected chi connectivity index (χ2v) is 9.46. The Labute approximate surface area is 186 Å². The van der Waals surface area contributed by atoms with Gasteiger partial charge in [0.2, 0.25) is 0 Å². The number of rotatable bonds is 8. The first kappa shape index (κ1) is 25.1. The minimum atomic E-state index is -2.89. The van der Waals surface area contributed by atoms with Gasteiger partial charge in [0.15, 0.2) is 5.96 Å². The molecule has 0 radical (unpaired) electrons. The third kappa shape index (κ3) is 9.51. The predicted molar refractivity (Wildman–Crippen MR) is 126 cm³/mol. The van der Waals surface area contributed by atoms with Crippen molar-refractivity contribution in [3.63, 3.8) is 0 Å². The minimum Gasteiger partial charge on any atom is -0.357 e. The van der Waals surface area contributed by atoms with E-state index in [9.17, 15) is 8.42 Å². The number of likely N-dealkylation sites (tertiary alicyclic amines) is 1. The van der Waals surface area contributed by atoms with Crippen LogP contribution in [0.3, 0.4) is 0 Å². The van der Waals surface area contributed by atoms with Crippen LogP contribution in [0.5, 0.6) is 0 Å². The second-order valence-electron chi connectivity index (χ2n) is 7.20. The van der Waals surface area contributed by atoms with E-state index in [1.54, 1.807) is 0 Å². The Morgan fingerprint density at radius 2 is 2.07 bits per heavy atom. The molecule has 2 rings (SSSR count). The molecule has 7 nitrogen and oxygen atoms in total. The van der Waals surface area contributed by atoms with Gasteiger partial charge in [0.1, 0.15) is 9.84 Å². The van der Waals surface area contributed by atoms with E-state index in [0.717, 1.165) is 51.4 Å². The van der Waals surface area contributed by atoms with E-state index in [1.807, 2.05) is 12.4 Å². The molecule has 0 unspecified atom stereocenters. The van der Waals surface area contributed by atoms with Gasteiger partial charge < -0.3 is 15.5 Å². The van der Waals surface area contributed by atoms with Gasteiger partial charge in [0.25, 0.3) is 0 Å². The van der Waals surface area contributed by atoms with Gasteiger partial charge in [-0.2, -0.15) is 0 Å². The number of nitrogens with zero attached hydrogens (tertiary/aromatic N) is 3. The summed E-state index contributed by atoms with van der Waals surface area (Å²) in [6, 6.07) is 2.43. The standard InChI is InChI=1S/C19H33N5O2S.HI/c1-4-21-19(22-10-6-17-5-9-20-15-16(17)2)23-18-7-11-24(12-8-18)13-14-27(3,25)26;/h5,9,15,18H,4,6-8,10-14H2,1-3H3,(H2,21,22,23);1H. The van der Waals surface area contributed by atoms with Crippen LogP contribution < -0.4 is 10.6 Å². The lowest BCUT2D eigenvalue weighted by molar-refractivity contribution is 0.216. The Morgan fingerprint density at radius 3 is 2.68 bits per heavy atom. The first-order chi connectivity index (χ1) is 12.9. The van der Waals surface area contributed by atoms with E-state index in [0.29, 0.717) is 12.6 Å². The van der Waals surface area contributed by atoms with Crippen molar-refractivity contribution in [1.29, 1.82) is 0 Å². The fraction of sp³-hybridized carbons (Fsp3) is 0.684. The number of pyridine rings is 1. The monoisotopic (exact) mass is 523 g/mol. The van der Waals surface area contributed by atoms with E-state index in [4.69, 9.17) is 4.99 Å². The highest BCUT2D eigenvalue weighted by Crippen LogP contribution is 2.10. The Balaban J connectivity index is 0.00000392. The zero-order chi connectivity index (χ0) is 19.7.